The summed E-state index contributed by atoms with van der Waals surface area (Å²) in [5.74, 6) is 3.41. The van der Waals surface area contributed by atoms with Gasteiger partial charge in [-0.25, -0.2) is 0 Å². The second kappa shape index (κ2) is 7.64. The molecule has 106 valence electrons. The maximum absolute atomic E-state index is 12.3. The van der Waals surface area contributed by atoms with E-state index in [0.717, 1.165) is 29.9 Å². The summed E-state index contributed by atoms with van der Waals surface area (Å²) in [5.41, 5.74) is 0. The second-order valence-electron chi connectivity index (χ2n) is 6.13. The standard InChI is InChI=1S/C15H29NOS/c1-2-16-15(14-9-5-6-10-14)12-18(17)11-13-7-3-4-8-13/h13-16H,2-12H2,1H3. The van der Waals surface area contributed by atoms with Crippen LogP contribution in [0.1, 0.15) is 58.3 Å². The van der Waals surface area contributed by atoms with E-state index < -0.39 is 10.8 Å². The van der Waals surface area contributed by atoms with Crippen LogP contribution in [0.5, 0.6) is 0 Å². The molecule has 2 saturated carbocycles. The van der Waals surface area contributed by atoms with E-state index in [2.05, 4.69) is 12.2 Å². The quantitative estimate of drug-likeness (QED) is 0.771. The van der Waals surface area contributed by atoms with Crippen molar-refractivity contribution in [2.24, 2.45) is 11.8 Å². The van der Waals surface area contributed by atoms with Crippen LogP contribution in [0, 0.1) is 11.8 Å². The highest BCUT2D eigenvalue weighted by Crippen LogP contribution is 2.29. The fraction of sp³-hybridized carbons (Fsp3) is 1.00. The maximum Gasteiger partial charge on any atom is 0.0391 e. The van der Waals surface area contributed by atoms with Gasteiger partial charge in [0.15, 0.2) is 0 Å². The molecule has 0 aromatic carbocycles. The summed E-state index contributed by atoms with van der Waals surface area (Å²) in [6, 6.07) is 0.514. The Morgan fingerprint density at radius 1 is 1.11 bits per heavy atom. The fourth-order valence-corrected chi connectivity index (χ4v) is 5.48. The minimum atomic E-state index is -0.600. The van der Waals surface area contributed by atoms with Gasteiger partial charge >= 0.3 is 0 Å². The molecule has 0 saturated heterocycles. The van der Waals surface area contributed by atoms with Crippen LogP contribution in [0.15, 0.2) is 0 Å². The first-order valence-corrected chi connectivity index (χ1v) is 9.36. The maximum atomic E-state index is 12.3. The Balaban J connectivity index is 1.77. The molecule has 0 amide bonds. The van der Waals surface area contributed by atoms with Gasteiger partial charge in [0.25, 0.3) is 0 Å². The minimum absolute atomic E-state index is 0.514. The first-order valence-electron chi connectivity index (χ1n) is 7.88. The first kappa shape index (κ1) is 14.5. The largest absolute Gasteiger partial charge is 0.313 e. The summed E-state index contributed by atoms with van der Waals surface area (Å²) >= 11 is 0. The Morgan fingerprint density at radius 3 is 2.33 bits per heavy atom. The van der Waals surface area contributed by atoms with E-state index in [9.17, 15) is 4.21 Å². The summed E-state index contributed by atoms with van der Waals surface area (Å²) in [6.45, 7) is 3.18. The van der Waals surface area contributed by atoms with E-state index in [-0.39, 0.29) is 0 Å². The monoisotopic (exact) mass is 271 g/mol. The van der Waals surface area contributed by atoms with Gasteiger partial charge in [-0.3, -0.25) is 4.21 Å². The third kappa shape index (κ3) is 4.34. The predicted molar refractivity (Wildman–Crippen MR) is 79.3 cm³/mol. The van der Waals surface area contributed by atoms with Gasteiger partial charge in [0.1, 0.15) is 0 Å². The van der Waals surface area contributed by atoms with E-state index >= 15 is 0 Å². The lowest BCUT2D eigenvalue weighted by molar-refractivity contribution is 0.391. The zero-order valence-corrected chi connectivity index (χ0v) is 12.6. The number of hydrogen-bond donors (Lipinski definition) is 1. The highest BCUT2D eigenvalue weighted by Gasteiger charge is 2.27. The van der Waals surface area contributed by atoms with Crippen LogP contribution in [0.4, 0.5) is 0 Å². The molecule has 2 fully saturated rings. The SMILES string of the molecule is CCNC(CS(=O)CC1CCCC1)C1CCCC1. The van der Waals surface area contributed by atoms with Crippen molar-refractivity contribution in [3.63, 3.8) is 0 Å². The number of rotatable bonds is 7. The van der Waals surface area contributed by atoms with Crippen LogP contribution in [-0.2, 0) is 10.8 Å². The zero-order valence-electron chi connectivity index (χ0n) is 11.8. The minimum Gasteiger partial charge on any atom is -0.313 e. The van der Waals surface area contributed by atoms with Crippen LogP contribution >= 0.6 is 0 Å². The molecule has 1 N–H and O–H groups in total. The Kier molecular flexibility index (Phi) is 6.16. The van der Waals surface area contributed by atoms with Crippen molar-refractivity contribution in [1.29, 1.82) is 0 Å². The van der Waals surface area contributed by atoms with Crippen LogP contribution in [0.2, 0.25) is 0 Å². The molecule has 2 rings (SSSR count). The molecule has 0 aromatic heterocycles. The zero-order chi connectivity index (χ0) is 12.8. The van der Waals surface area contributed by atoms with Gasteiger partial charge in [0.05, 0.1) is 0 Å². The van der Waals surface area contributed by atoms with E-state index in [0.29, 0.717) is 6.04 Å². The summed E-state index contributed by atoms with van der Waals surface area (Å²) in [5, 5.41) is 3.59. The molecule has 0 heterocycles. The molecular formula is C15H29NOS. The highest BCUT2D eigenvalue weighted by atomic mass is 32.2. The van der Waals surface area contributed by atoms with Gasteiger partial charge in [-0.15, -0.1) is 0 Å². The van der Waals surface area contributed by atoms with Crippen molar-refractivity contribution in [1.82, 2.24) is 5.32 Å². The smallest absolute Gasteiger partial charge is 0.0391 e. The van der Waals surface area contributed by atoms with Crippen LogP contribution in [0.3, 0.4) is 0 Å². The third-order valence-corrected chi connectivity index (χ3v) is 6.27. The third-order valence-electron chi connectivity index (χ3n) is 4.70. The number of nitrogens with one attached hydrogen (secondary N) is 1. The van der Waals surface area contributed by atoms with Crippen LogP contribution in [0.25, 0.3) is 0 Å². The van der Waals surface area contributed by atoms with Gasteiger partial charge in [0, 0.05) is 28.3 Å². The summed E-state index contributed by atoms with van der Waals surface area (Å²) in [6.07, 6.45) is 10.8. The van der Waals surface area contributed by atoms with E-state index in [4.69, 9.17) is 0 Å². The van der Waals surface area contributed by atoms with Crippen molar-refractivity contribution in [3.8, 4) is 0 Å². The van der Waals surface area contributed by atoms with Gasteiger partial charge in [-0.05, 0) is 44.1 Å². The lowest BCUT2D eigenvalue weighted by atomic mass is 10.00. The normalized spacial score (nSPS) is 25.6. The predicted octanol–water partition coefficient (Wildman–Crippen LogP) is 3.09. The molecular weight excluding hydrogens is 242 g/mol. The Morgan fingerprint density at radius 2 is 1.72 bits per heavy atom. The molecule has 0 spiro atoms. The Bertz CT molecular complexity index is 257. The molecule has 2 unspecified atom stereocenters. The molecule has 0 aromatic rings. The van der Waals surface area contributed by atoms with Crippen molar-refractivity contribution >= 4 is 10.8 Å². The van der Waals surface area contributed by atoms with Gasteiger partial charge < -0.3 is 5.32 Å². The van der Waals surface area contributed by atoms with Crippen LogP contribution < -0.4 is 5.32 Å². The van der Waals surface area contributed by atoms with Gasteiger partial charge in [-0.1, -0.05) is 32.6 Å². The lowest BCUT2D eigenvalue weighted by Crippen LogP contribution is -2.40. The van der Waals surface area contributed by atoms with Crippen molar-refractivity contribution in [2.45, 2.75) is 64.3 Å². The van der Waals surface area contributed by atoms with Gasteiger partial charge in [-0.2, -0.15) is 0 Å². The molecule has 0 radical (unpaired) electrons. The molecule has 0 bridgehead atoms. The number of hydrogen-bond acceptors (Lipinski definition) is 2. The average Bonchev–Trinajstić information content (AvgIpc) is 3.00. The van der Waals surface area contributed by atoms with Crippen molar-refractivity contribution in [3.05, 3.63) is 0 Å². The molecule has 18 heavy (non-hydrogen) atoms. The molecule has 2 nitrogen and oxygen atoms in total. The highest BCUT2D eigenvalue weighted by molar-refractivity contribution is 7.85. The summed E-state index contributed by atoms with van der Waals surface area (Å²) in [7, 11) is -0.600. The van der Waals surface area contributed by atoms with Gasteiger partial charge in [0.2, 0.25) is 0 Å². The first-order chi connectivity index (χ1) is 8.79. The van der Waals surface area contributed by atoms with E-state index in [1.54, 1.807) is 0 Å². The average molecular weight is 271 g/mol. The molecule has 2 aliphatic rings. The topological polar surface area (TPSA) is 29.1 Å². The fourth-order valence-electron chi connectivity index (χ4n) is 3.69. The summed E-state index contributed by atoms with van der Waals surface area (Å²) < 4.78 is 12.3. The van der Waals surface area contributed by atoms with Crippen LogP contribution in [-0.4, -0.2) is 28.3 Å². The van der Waals surface area contributed by atoms with E-state index in [1.807, 2.05) is 0 Å². The lowest BCUT2D eigenvalue weighted by Gasteiger charge is -2.24. The van der Waals surface area contributed by atoms with Crippen molar-refractivity contribution in [2.75, 3.05) is 18.1 Å². The van der Waals surface area contributed by atoms with E-state index in [1.165, 1.54) is 51.4 Å². The second-order valence-corrected chi connectivity index (χ2v) is 7.68. The van der Waals surface area contributed by atoms with Crippen molar-refractivity contribution < 1.29 is 4.21 Å². The molecule has 0 aliphatic heterocycles. The Labute approximate surface area is 115 Å². The molecule has 2 aliphatic carbocycles. The summed E-state index contributed by atoms with van der Waals surface area (Å²) in [4.78, 5) is 0. The molecule has 2 atom stereocenters. The Hall–Kier alpha value is 0.110. The molecule has 3 heteroatoms.